The fraction of sp³-hybridized carbons (Fsp3) is 0.533. The molecule has 0 saturated carbocycles. The summed E-state index contributed by atoms with van der Waals surface area (Å²) in [5, 5.41) is 3.34. The molecule has 0 radical (unpaired) electrons. The van der Waals surface area contributed by atoms with Crippen molar-refractivity contribution in [3.63, 3.8) is 0 Å². The van der Waals surface area contributed by atoms with Crippen molar-refractivity contribution in [3.05, 3.63) is 28.8 Å². The van der Waals surface area contributed by atoms with Gasteiger partial charge in [-0.3, -0.25) is 4.79 Å². The van der Waals surface area contributed by atoms with Gasteiger partial charge in [-0.25, -0.2) is 8.42 Å². The van der Waals surface area contributed by atoms with E-state index in [9.17, 15) is 13.2 Å². The largest absolute Gasteiger partial charge is 0.324 e. The SMILES string of the molecule is CCCS(=O)(=O)N1CCCC1C(=O)Nc1cc(Cl)ccc1C. The van der Waals surface area contributed by atoms with E-state index in [4.69, 9.17) is 11.6 Å². The Bertz CT molecular complexity index is 661. The van der Waals surface area contributed by atoms with Gasteiger partial charge in [0.05, 0.1) is 5.75 Å². The molecular formula is C15H21ClN2O3S. The van der Waals surface area contributed by atoms with Crippen LogP contribution < -0.4 is 5.32 Å². The summed E-state index contributed by atoms with van der Waals surface area (Å²) in [5.41, 5.74) is 1.51. The molecule has 1 aliphatic rings. The molecule has 0 aliphatic carbocycles. The molecule has 1 N–H and O–H groups in total. The highest BCUT2D eigenvalue weighted by molar-refractivity contribution is 7.89. The molecule has 0 bridgehead atoms. The minimum absolute atomic E-state index is 0.0764. The summed E-state index contributed by atoms with van der Waals surface area (Å²) < 4.78 is 25.8. The monoisotopic (exact) mass is 344 g/mol. The highest BCUT2D eigenvalue weighted by atomic mass is 35.5. The number of nitrogens with one attached hydrogen (secondary N) is 1. The van der Waals surface area contributed by atoms with Crippen molar-refractivity contribution in [2.45, 2.75) is 39.2 Å². The van der Waals surface area contributed by atoms with Crippen molar-refractivity contribution in [3.8, 4) is 0 Å². The number of sulfonamides is 1. The molecule has 0 aromatic heterocycles. The summed E-state index contributed by atoms with van der Waals surface area (Å²) in [6, 6.07) is 4.61. The molecule has 1 aliphatic heterocycles. The summed E-state index contributed by atoms with van der Waals surface area (Å²) in [7, 11) is -3.37. The van der Waals surface area contributed by atoms with Crippen LogP contribution in [0.15, 0.2) is 18.2 Å². The lowest BCUT2D eigenvalue weighted by Gasteiger charge is -2.23. The first-order valence-corrected chi connectivity index (χ1v) is 9.40. The summed E-state index contributed by atoms with van der Waals surface area (Å²) in [5.74, 6) is -0.213. The van der Waals surface area contributed by atoms with Crippen LogP contribution >= 0.6 is 11.6 Å². The number of rotatable bonds is 5. The van der Waals surface area contributed by atoms with Gasteiger partial charge in [0.25, 0.3) is 0 Å². The third-order valence-electron chi connectivity index (χ3n) is 3.78. The Morgan fingerprint density at radius 2 is 2.18 bits per heavy atom. The number of nitrogens with zero attached hydrogens (tertiary/aromatic N) is 1. The van der Waals surface area contributed by atoms with Gasteiger partial charge in [0, 0.05) is 17.3 Å². The smallest absolute Gasteiger partial charge is 0.242 e. The Hall–Kier alpha value is -1.11. The van der Waals surface area contributed by atoms with E-state index in [1.165, 1.54) is 4.31 Å². The van der Waals surface area contributed by atoms with Gasteiger partial charge in [-0.1, -0.05) is 24.6 Å². The number of aryl methyl sites for hydroxylation is 1. The molecule has 1 amide bonds. The molecule has 1 fully saturated rings. The maximum atomic E-state index is 12.5. The zero-order chi connectivity index (χ0) is 16.3. The van der Waals surface area contributed by atoms with Gasteiger partial charge < -0.3 is 5.32 Å². The van der Waals surface area contributed by atoms with E-state index in [1.807, 2.05) is 19.9 Å². The molecule has 1 atom stereocenters. The van der Waals surface area contributed by atoms with Crippen molar-refractivity contribution >= 4 is 33.2 Å². The lowest BCUT2D eigenvalue weighted by Crippen LogP contribution is -2.44. The van der Waals surface area contributed by atoms with Gasteiger partial charge in [-0.2, -0.15) is 4.31 Å². The van der Waals surface area contributed by atoms with Crippen molar-refractivity contribution in [2.75, 3.05) is 17.6 Å². The van der Waals surface area contributed by atoms with Crippen molar-refractivity contribution < 1.29 is 13.2 Å². The topological polar surface area (TPSA) is 66.5 Å². The van der Waals surface area contributed by atoms with Gasteiger partial charge in [-0.15, -0.1) is 0 Å². The third-order valence-corrected chi connectivity index (χ3v) is 6.09. The number of hydrogen-bond acceptors (Lipinski definition) is 3. The Morgan fingerprint density at radius 1 is 1.45 bits per heavy atom. The summed E-state index contributed by atoms with van der Waals surface area (Å²) in [6.45, 7) is 4.10. The molecule has 0 spiro atoms. The molecule has 1 heterocycles. The maximum Gasteiger partial charge on any atom is 0.242 e. The second kappa shape index (κ2) is 6.98. The number of carbonyl (C=O) groups excluding carboxylic acids is 1. The van der Waals surface area contributed by atoms with Crippen LogP contribution in [0.1, 0.15) is 31.7 Å². The summed E-state index contributed by atoms with van der Waals surface area (Å²) in [4.78, 5) is 12.5. The van der Waals surface area contributed by atoms with Crippen LogP contribution in [-0.4, -0.2) is 37.0 Å². The number of halogens is 1. The number of anilines is 1. The zero-order valence-electron chi connectivity index (χ0n) is 12.8. The first kappa shape index (κ1) is 17.2. The van der Waals surface area contributed by atoms with Crippen LogP contribution in [0, 0.1) is 6.92 Å². The standard InChI is InChI=1S/C15H21ClN2O3S/c1-3-9-22(20,21)18-8-4-5-14(18)15(19)17-13-10-12(16)7-6-11(13)2/h6-7,10,14H,3-5,8-9H2,1-2H3,(H,17,19). The third kappa shape index (κ3) is 3.80. The van der Waals surface area contributed by atoms with E-state index in [0.29, 0.717) is 36.5 Å². The minimum Gasteiger partial charge on any atom is -0.324 e. The van der Waals surface area contributed by atoms with E-state index >= 15 is 0 Å². The second-order valence-corrected chi connectivity index (χ2v) is 8.01. The van der Waals surface area contributed by atoms with Gasteiger partial charge in [0.1, 0.15) is 6.04 Å². The molecule has 1 saturated heterocycles. The fourth-order valence-corrected chi connectivity index (χ4v) is 4.57. The van der Waals surface area contributed by atoms with Gasteiger partial charge in [0.2, 0.25) is 15.9 Å². The van der Waals surface area contributed by atoms with Crippen LogP contribution in [0.5, 0.6) is 0 Å². The number of amides is 1. The van der Waals surface area contributed by atoms with Crippen molar-refractivity contribution in [1.29, 1.82) is 0 Å². The molecule has 1 aromatic carbocycles. The van der Waals surface area contributed by atoms with Crippen molar-refractivity contribution in [1.82, 2.24) is 4.31 Å². The van der Waals surface area contributed by atoms with Crippen molar-refractivity contribution in [2.24, 2.45) is 0 Å². The first-order chi connectivity index (χ1) is 10.3. The Morgan fingerprint density at radius 3 is 2.86 bits per heavy atom. The average Bonchev–Trinajstić information content (AvgIpc) is 2.93. The number of carbonyl (C=O) groups is 1. The molecule has 2 rings (SSSR count). The average molecular weight is 345 g/mol. The van der Waals surface area contributed by atoms with Gasteiger partial charge in [-0.05, 0) is 43.9 Å². The second-order valence-electron chi connectivity index (χ2n) is 5.53. The molecule has 5 nitrogen and oxygen atoms in total. The fourth-order valence-electron chi connectivity index (χ4n) is 2.66. The molecule has 7 heteroatoms. The lowest BCUT2D eigenvalue weighted by molar-refractivity contribution is -0.119. The van der Waals surface area contributed by atoms with E-state index in [2.05, 4.69) is 5.32 Å². The van der Waals surface area contributed by atoms with Crippen LogP contribution in [-0.2, 0) is 14.8 Å². The predicted molar refractivity (Wildman–Crippen MR) is 88.6 cm³/mol. The predicted octanol–water partition coefficient (Wildman–Crippen LogP) is 2.79. The van der Waals surface area contributed by atoms with Crippen LogP contribution in [0.3, 0.4) is 0 Å². The number of hydrogen-bond donors (Lipinski definition) is 1. The van der Waals surface area contributed by atoms with E-state index in [0.717, 1.165) is 5.56 Å². The van der Waals surface area contributed by atoms with E-state index in [1.54, 1.807) is 12.1 Å². The summed E-state index contributed by atoms with van der Waals surface area (Å²) in [6.07, 6.45) is 1.80. The number of benzene rings is 1. The highest BCUT2D eigenvalue weighted by Gasteiger charge is 2.38. The molecular weight excluding hydrogens is 324 g/mol. The highest BCUT2D eigenvalue weighted by Crippen LogP contribution is 2.25. The Kier molecular flexibility index (Phi) is 5.47. The van der Waals surface area contributed by atoms with Gasteiger partial charge >= 0.3 is 0 Å². The van der Waals surface area contributed by atoms with E-state index < -0.39 is 16.1 Å². The molecule has 1 unspecified atom stereocenters. The van der Waals surface area contributed by atoms with Crippen LogP contribution in [0.25, 0.3) is 0 Å². The Labute approximate surface area is 136 Å². The molecule has 22 heavy (non-hydrogen) atoms. The van der Waals surface area contributed by atoms with Gasteiger partial charge in [0.15, 0.2) is 0 Å². The van der Waals surface area contributed by atoms with Crippen LogP contribution in [0.2, 0.25) is 5.02 Å². The minimum atomic E-state index is -3.37. The normalized spacial score (nSPS) is 19.3. The molecule has 1 aromatic rings. The van der Waals surface area contributed by atoms with E-state index in [-0.39, 0.29) is 11.7 Å². The quantitative estimate of drug-likeness (QED) is 0.893. The Balaban J connectivity index is 2.16. The maximum absolute atomic E-state index is 12.5. The van der Waals surface area contributed by atoms with Crippen LogP contribution in [0.4, 0.5) is 5.69 Å². The summed E-state index contributed by atoms with van der Waals surface area (Å²) >= 11 is 5.94. The molecule has 122 valence electrons. The first-order valence-electron chi connectivity index (χ1n) is 7.41. The lowest BCUT2D eigenvalue weighted by atomic mass is 10.1. The zero-order valence-corrected chi connectivity index (χ0v) is 14.4.